The normalized spacial score (nSPS) is 11.9. The number of pyridine rings is 1. The number of nitrogens with zero attached hydrogens (tertiary/aromatic N) is 5. The highest BCUT2D eigenvalue weighted by Gasteiger charge is 2.32. The van der Waals surface area contributed by atoms with Crippen LogP contribution in [-0.2, 0) is 29.2 Å². The van der Waals surface area contributed by atoms with Crippen LogP contribution in [0.25, 0.3) is 11.0 Å². The highest BCUT2D eigenvalue weighted by atomic mass is 32.1. The number of rotatable bonds is 9. The second kappa shape index (κ2) is 10.3. The molecule has 0 aliphatic carbocycles. The number of para-hydroxylation sites is 1. The first-order valence-electron chi connectivity index (χ1n) is 11.0. The number of hydrogen-bond donors (Lipinski definition) is 1. The third-order valence-electron chi connectivity index (χ3n) is 5.51. The Bertz CT molecular complexity index is 1400. The van der Waals surface area contributed by atoms with Gasteiger partial charge in [0.25, 0.3) is 0 Å². The molecule has 9 nitrogen and oxygen atoms in total. The number of carbonyl (C=O) groups excluding carboxylic acids is 2. The summed E-state index contributed by atoms with van der Waals surface area (Å²) >= 11 is 1.52. The molecule has 35 heavy (non-hydrogen) atoms. The van der Waals surface area contributed by atoms with Crippen molar-refractivity contribution in [1.82, 2.24) is 30.2 Å². The van der Waals surface area contributed by atoms with E-state index < -0.39 is 6.04 Å². The highest BCUT2D eigenvalue weighted by Crippen LogP contribution is 2.26. The molecule has 0 unspecified atom stereocenters. The lowest BCUT2D eigenvalue weighted by molar-refractivity contribution is -0.142. The number of fused-ring (bicyclic) bond motifs is 1. The van der Waals surface area contributed by atoms with Gasteiger partial charge in [-0.3, -0.25) is 14.6 Å². The predicted molar refractivity (Wildman–Crippen MR) is 130 cm³/mol. The minimum Gasteiger partial charge on any atom is -0.467 e. The van der Waals surface area contributed by atoms with E-state index in [1.165, 1.54) is 11.3 Å². The number of aromatic nitrogens is 4. The quantitative estimate of drug-likeness (QED) is 0.341. The summed E-state index contributed by atoms with van der Waals surface area (Å²) in [7, 11) is 0. The second-order valence-corrected chi connectivity index (χ2v) is 8.86. The fraction of sp³-hybridized carbons (Fsp3) is 0.160. The number of furan rings is 1. The molecule has 0 aliphatic rings. The van der Waals surface area contributed by atoms with Gasteiger partial charge < -0.3 is 14.6 Å². The van der Waals surface area contributed by atoms with Gasteiger partial charge in [0.2, 0.25) is 11.8 Å². The summed E-state index contributed by atoms with van der Waals surface area (Å²) in [6.07, 6.45) is 4.79. The van der Waals surface area contributed by atoms with Crippen LogP contribution in [0.3, 0.4) is 0 Å². The Morgan fingerprint density at radius 2 is 2.00 bits per heavy atom. The van der Waals surface area contributed by atoms with Crippen molar-refractivity contribution < 1.29 is 14.0 Å². The summed E-state index contributed by atoms with van der Waals surface area (Å²) in [5, 5.41) is 13.2. The lowest BCUT2D eigenvalue weighted by atomic mass is 10.1. The fourth-order valence-corrected chi connectivity index (χ4v) is 4.54. The Labute approximate surface area is 205 Å². The topological polar surface area (TPSA) is 106 Å². The number of hydrogen-bond acceptors (Lipinski definition) is 7. The number of carbonyl (C=O) groups is 2. The Kier molecular flexibility index (Phi) is 6.62. The van der Waals surface area contributed by atoms with Crippen molar-refractivity contribution in [1.29, 1.82) is 0 Å². The van der Waals surface area contributed by atoms with Crippen LogP contribution in [0.1, 0.15) is 22.2 Å². The van der Waals surface area contributed by atoms with Crippen LogP contribution >= 0.6 is 11.3 Å². The van der Waals surface area contributed by atoms with E-state index in [2.05, 4.69) is 20.6 Å². The molecule has 5 aromatic rings. The van der Waals surface area contributed by atoms with Crippen LogP contribution in [0.2, 0.25) is 0 Å². The monoisotopic (exact) mass is 486 g/mol. The van der Waals surface area contributed by atoms with Gasteiger partial charge in [0.1, 0.15) is 23.9 Å². The third-order valence-corrected chi connectivity index (χ3v) is 6.37. The first-order valence-corrected chi connectivity index (χ1v) is 11.9. The smallest absolute Gasteiger partial charge is 0.247 e. The molecule has 4 aromatic heterocycles. The Hall–Kier alpha value is -4.31. The summed E-state index contributed by atoms with van der Waals surface area (Å²) in [4.78, 5) is 34.0. The fourth-order valence-electron chi connectivity index (χ4n) is 3.84. The molecule has 2 amide bonds. The van der Waals surface area contributed by atoms with Gasteiger partial charge in [-0.05, 0) is 41.8 Å². The van der Waals surface area contributed by atoms with E-state index in [1.807, 2.05) is 41.8 Å². The molecule has 0 spiro atoms. The maximum atomic E-state index is 13.8. The van der Waals surface area contributed by atoms with Gasteiger partial charge in [-0.2, -0.15) is 0 Å². The molecule has 0 saturated carbocycles. The van der Waals surface area contributed by atoms with Crippen molar-refractivity contribution in [3.63, 3.8) is 0 Å². The van der Waals surface area contributed by atoms with E-state index in [0.717, 1.165) is 10.4 Å². The van der Waals surface area contributed by atoms with E-state index in [-0.39, 0.29) is 31.4 Å². The van der Waals surface area contributed by atoms with Gasteiger partial charge in [0.05, 0.1) is 24.9 Å². The number of amides is 2. The SMILES string of the molecule is O=C(NCc1ccco1)[C@@H](c1cccnc1)N(Cc1cccs1)C(=O)Cn1nnc2ccccc21. The molecule has 1 aromatic carbocycles. The molecule has 1 N–H and O–H groups in total. The van der Waals surface area contributed by atoms with Crippen LogP contribution in [0, 0.1) is 0 Å². The average Bonchev–Trinajstić information content (AvgIpc) is 3.66. The molecular formula is C25H22N6O3S. The zero-order chi connectivity index (χ0) is 24.0. The average molecular weight is 487 g/mol. The second-order valence-electron chi connectivity index (χ2n) is 7.82. The van der Waals surface area contributed by atoms with Crippen LogP contribution in [0.15, 0.2) is 89.1 Å². The molecule has 0 bridgehead atoms. The summed E-state index contributed by atoms with van der Waals surface area (Å²) in [6.45, 7) is 0.405. The van der Waals surface area contributed by atoms with Crippen molar-refractivity contribution in [3.8, 4) is 0 Å². The molecule has 0 saturated heterocycles. The zero-order valence-corrected chi connectivity index (χ0v) is 19.5. The Morgan fingerprint density at radius 3 is 2.77 bits per heavy atom. The van der Waals surface area contributed by atoms with Crippen LogP contribution in [0.5, 0.6) is 0 Å². The van der Waals surface area contributed by atoms with Crippen molar-refractivity contribution in [2.24, 2.45) is 0 Å². The standard InChI is InChI=1S/C25H22N6O3S/c32-23(17-31-22-10-2-1-9-21(22)28-29-31)30(16-20-8-5-13-35-20)24(18-6-3-11-26-14-18)25(33)27-15-19-7-4-12-34-19/h1-14,24H,15-17H2,(H,27,33)/t24-/m1/s1. The Morgan fingerprint density at radius 1 is 1.09 bits per heavy atom. The van der Waals surface area contributed by atoms with E-state index in [9.17, 15) is 9.59 Å². The highest BCUT2D eigenvalue weighted by molar-refractivity contribution is 7.09. The maximum absolute atomic E-state index is 13.8. The third kappa shape index (κ3) is 5.12. The first kappa shape index (κ1) is 22.5. The van der Waals surface area contributed by atoms with E-state index >= 15 is 0 Å². The largest absolute Gasteiger partial charge is 0.467 e. The lowest BCUT2D eigenvalue weighted by Crippen LogP contribution is -2.44. The van der Waals surface area contributed by atoms with E-state index in [0.29, 0.717) is 16.8 Å². The van der Waals surface area contributed by atoms with Gasteiger partial charge in [-0.25, -0.2) is 4.68 Å². The van der Waals surface area contributed by atoms with E-state index in [1.54, 1.807) is 52.5 Å². The Balaban J connectivity index is 1.48. The molecule has 1 atom stereocenters. The molecular weight excluding hydrogens is 464 g/mol. The molecule has 0 radical (unpaired) electrons. The van der Waals surface area contributed by atoms with Crippen LogP contribution in [-0.4, -0.2) is 36.7 Å². The predicted octanol–water partition coefficient (Wildman–Crippen LogP) is 3.57. The number of benzene rings is 1. The molecule has 176 valence electrons. The van der Waals surface area contributed by atoms with Gasteiger partial charge in [0, 0.05) is 22.8 Å². The summed E-state index contributed by atoms with van der Waals surface area (Å²) in [5.74, 6) is 0.0207. The molecule has 4 heterocycles. The van der Waals surface area contributed by atoms with Crippen LogP contribution < -0.4 is 5.32 Å². The van der Waals surface area contributed by atoms with Gasteiger partial charge in [-0.1, -0.05) is 29.5 Å². The van der Waals surface area contributed by atoms with Gasteiger partial charge in [-0.15, -0.1) is 16.4 Å². The maximum Gasteiger partial charge on any atom is 0.247 e. The first-order chi connectivity index (χ1) is 17.2. The molecule has 0 aliphatic heterocycles. The van der Waals surface area contributed by atoms with Crippen molar-refractivity contribution in [2.75, 3.05) is 0 Å². The zero-order valence-electron chi connectivity index (χ0n) is 18.7. The minimum atomic E-state index is -0.900. The summed E-state index contributed by atoms with van der Waals surface area (Å²) in [6, 6.07) is 17.5. The number of thiophene rings is 1. The summed E-state index contributed by atoms with van der Waals surface area (Å²) < 4.78 is 6.90. The van der Waals surface area contributed by atoms with Crippen molar-refractivity contribution in [3.05, 3.63) is 101 Å². The summed E-state index contributed by atoms with van der Waals surface area (Å²) in [5.41, 5.74) is 2.06. The van der Waals surface area contributed by atoms with Crippen LogP contribution in [0.4, 0.5) is 0 Å². The number of nitrogens with one attached hydrogen (secondary N) is 1. The minimum absolute atomic E-state index is 0.0614. The van der Waals surface area contributed by atoms with Crippen molar-refractivity contribution >= 4 is 34.2 Å². The molecule has 0 fully saturated rings. The van der Waals surface area contributed by atoms with Gasteiger partial charge in [0.15, 0.2) is 0 Å². The lowest BCUT2D eigenvalue weighted by Gasteiger charge is -2.31. The van der Waals surface area contributed by atoms with Crippen molar-refractivity contribution in [2.45, 2.75) is 25.7 Å². The van der Waals surface area contributed by atoms with Gasteiger partial charge >= 0.3 is 0 Å². The molecule has 5 rings (SSSR count). The van der Waals surface area contributed by atoms with E-state index in [4.69, 9.17) is 4.42 Å². The molecule has 10 heteroatoms.